The molecule has 1 aliphatic rings. The fourth-order valence-electron chi connectivity index (χ4n) is 2.11. The molecule has 102 valence electrons. The predicted molar refractivity (Wildman–Crippen MR) is 65.2 cm³/mol. The number of carbonyl (C=O) groups is 2. The quantitative estimate of drug-likeness (QED) is 0.581. The summed E-state index contributed by atoms with van der Waals surface area (Å²) < 4.78 is 0. The molecule has 0 spiro atoms. The van der Waals surface area contributed by atoms with Gasteiger partial charge in [-0.25, -0.2) is 0 Å². The molecule has 1 aromatic carbocycles. The van der Waals surface area contributed by atoms with E-state index in [0.717, 1.165) is 0 Å². The van der Waals surface area contributed by atoms with Gasteiger partial charge in [-0.1, -0.05) is 24.3 Å². The highest BCUT2D eigenvalue weighted by atomic mass is 16.4. The van der Waals surface area contributed by atoms with Crippen LogP contribution in [0.1, 0.15) is 30.1 Å². The molecule has 5 N–H and O–H groups in total. The minimum absolute atomic E-state index is 0.274. The summed E-state index contributed by atoms with van der Waals surface area (Å²) in [6.45, 7) is 0. The van der Waals surface area contributed by atoms with Crippen molar-refractivity contribution in [3.63, 3.8) is 0 Å². The Balaban J connectivity index is 2.30. The van der Waals surface area contributed by atoms with Crippen LogP contribution < -0.4 is 5.73 Å². The third-order valence-electron chi connectivity index (χ3n) is 3.53. The minimum atomic E-state index is -1.71. The molecule has 1 fully saturated rings. The van der Waals surface area contributed by atoms with Gasteiger partial charge in [-0.15, -0.1) is 0 Å². The van der Waals surface area contributed by atoms with E-state index in [4.69, 9.17) is 5.73 Å². The Morgan fingerprint density at radius 1 is 1.26 bits per heavy atom. The Morgan fingerprint density at radius 3 is 2.37 bits per heavy atom. The number of aliphatic carboxylic acids is 1. The van der Waals surface area contributed by atoms with Gasteiger partial charge in [-0.05, 0) is 24.0 Å². The van der Waals surface area contributed by atoms with Gasteiger partial charge in [0.15, 0.2) is 6.10 Å². The SMILES string of the molecule is NC(=O)C(O)C(O)c1cccc(C2(C(=O)O)CC2)c1. The number of benzene rings is 1. The molecule has 1 amide bonds. The molecule has 0 saturated heterocycles. The predicted octanol–water partition coefficient (Wildman–Crippen LogP) is -0.318. The number of hydrogen-bond donors (Lipinski definition) is 4. The molecule has 2 rings (SSSR count). The molecule has 19 heavy (non-hydrogen) atoms. The second-order valence-electron chi connectivity index (χ2n) is 4.80. The normalized spacial score (nSPS) is 19.5. The smallest absolute Gasteiger partial charge is 0.314 e. The summed E-state index contributed by atoms with van der Waals surface area (Å²) in [6, 6.07) is 6.26. The number of nitrogens with two attached hydrogens (primary N) is 1. The highest BCUT2D eigenvalue weighted by molar-refractivity contribution is 5.85. The van der Waals surface area contributed by atoms with Crippen molar-refractivity contribution in [2.24, 2.45) is 5.73 Å². The molecule has 0 heterocycles. The zero-order chi connectivity index (χ0) is 14.2. The van der Waals surface area contributed by atoms with Crippen LogP contribution in [0.2, 0.25) is 0 Å². The maximum atomic E-state index is 11.2. The number of rotatable bonds is 5. The molecule has 0 bridgehead atoms. The van der Waals surface area contributed by atoms with E-state index >= 15 is 0 Å². The maximum Gasteiger partial charge on any atom is 0.314 e. The van der Waals surface area contributed by atoms with Gasteiger partial charge in [0.2, 0.25) is 5.91 Å². The molecule has 6 heteroatoms. The van der Waals surface area contributed by atoms with Gasteiger partial charge in [-0.3, -0.25) is 9.59 Å². The molecule has 1 saturated carbocycles. The first kappa shape index (κ1) is 13.5. The van der Waals surface area contributed by atoms with Crippen molar-refractivity contribution in [2.45, 2.75) is 30.5 Å². The van der Waals surface area contributed by atoms with Gasteiger partial charge in [0.25, 0.3) is 0 Å². The third-order valence-corrected chi connectivity index (χ3v) is 3.53. The molecule has 1 aliphatic carbocycles. The van der Waals surface area contributed by atoms with E-state index in [0.29, 0.717) is 18.4 Å². The van der Waals surface area contributed by atoms with Crippen molar-refractivity contribution in [1.29, 1.82) is 0 Å². The van der Waals surface area contributed by atoms with Crippen molar-refractivity contribution in [2.75, 3.05) is 0 Å². The van der Waals surface area contributed by atoms with E-state index in [9.17, 15) is 24.9 Å². The van der Waals surface area contributed by atoms with Crippen molar-refractivity contribution in [1.82, 2.24) is 0 Å². The summed E-state index contributed by atoms with van der Waals surface area (Å²) in [5.41, 5.74) is 4.86. The standard InChI is InChI=1S/C13H15NO5/c14-11(17)10(16)9(15)7-2-1-3-8(6-7)13(4-5-13)12(18)19/h1-3,6,9-10,15-16H,4-5H2,(H2,14,17)(H,18,19). The van der Waals surface area contributed by atoms with Gasteiger partial charge < -0.3 is 21.1 Å². The number of primary amides is 1. The van der Waals surface area contributed by atoms with Crippen LogP contribution in [0, 0.1) is 0 Å². The number of hydrogen-bond acceptors (Lipinski definition) is 4. The lowest BCUT2D eigenvalue weighted by Gasteiger charge is -2.17. The Kier molecular flexibility index (Phi) is 3.30. The van der Waals surface area contributed by atoms with Crippen LogP contribution in [0.15, 0.2) is 24.3 Å². The van der Waals surface area contributed by atoms with Crippen LogP contribution in [0.4, 0.5) is 0 Å². The van der Waals surface area contributed by atoms with Crippen LogP contribution in [0.3, 0.4) is 0 Å². The molecule has 2 atom stereocenters. The molecule has 0 radical (unpaired) electrons. The summed E-state index contributed by atoms with van der Waals surface area (Å²) in [4.78, 5) is 22.1. The lowest BCUT2D eigenvalue weighted by atomic mass is 9.92. The number of aliphatic hydroxyl groups excluding tert-OH is 2. The number of carboxylic acids is 1. The number of amides is 1. The van der Waals surface area contributed by atoms with Gasteiger partial charge in [0.05, 0.1) is 5.41 Å². The van der Waals surface area contributed by atoms with Crippen LogP contribution in [0.25, 0.3) is 0 Å². The third kappa shape index (κ3) is 2.32. The first-order valence-corrected chi connectivity index (χ1v) is 5.88. The highest BCUT2D eigenvalue weighted by Gasteiger charge is 2.51. The molecule has 0 aromatic heterocycles. The maximum absolute atomic E-state index is 11.2. The Hall–Kier alpha value is -1.92. The second kappa shape index (κ2) is 4.64. The number of carboxylic acid groups (broad SMARTS) is 1. The fraction of sp³-hybridized carbons (Fsp3) is 0.385. The second-order valence-corrected chi connectivity index (χ2v) is 4.80. The molecular weight excluding hydrogens is 250 g/mol. The van der Waals surface area contributed by atoms with Gasteiger partial charge >= 0.3 is 5.97 Å². The first-order valence-electron chi connectivity index (χ1n) is 5.88. The molecule has 0 aliphatic heterocycles. The van der Waals surface area contributed by atoms with Crippen LogP contribution in [-0.2, 0) is 15.0 Å². The fourth-order valence-corrected chi connectivity index (χ4v) is 2.11. The van der Waals surface area contributed by atoms with E-state index in [1.165, 1.54) is 12.1 Å². The highest BCUT2D eigenvalue weighted by Crippen LogP contribution is 2.48. The summed E-state index contributed by atoms with van der Waals surface area (Å²) in [6.07, 6.45) is -2.09. The van der Waals surface area contributed by atoms with Crippen molar-refractivity contribution in [3.05, 3.63) is 35.4 Å². The lowest BCUT2D eigenvalue weighted by molar-refractivity contribution is -0.140. The van der Waals surface area contributed by atoms with E-state index in [1.54, 1.807) is 12.1 Å². The molecular formula is C13H15NO5. The Labute approximate surface area is 109 Å². The van der Waals surface area contributed by atoms with E-state index in [1.807, 2.05) is 0 Å². The number of carbonyl (C=O) groups excluding carboxylic acids is 1. The van der Waals surface area contributed by atoms with Gasteiger partial charge in [0.1, 0.15) is 6.10 Å². The van der Waals surface area contributed by atoms with Gasteiger partial charge in [-0.2, -0.15) is 0 Å². The Morgan fingerprint density at radius 2 is 1.89 bits per heavy atom. The van der Waals surface area contributed by atoms with Crippen LogP contribution >= 0.6 is 0 Å². The van der Waals surface area contributed by atoms with E-state index in [-0.39, 0.29) is 5.56 Å². The Bertz CT molecular complexity index is 524. The van der Waals surface area contributed by atoms with E-state index in [2.05, 4.69) is 0 Å². The molecule has 2 unspecified atom stereocenters. The van der Waals surface area contributed by atoms with Crippen LogP contribution in [0.5, 0.6) is 0 Å². The van der Waals surface area contributed by atoms with Crippen molar-refractivity contribution >= 4 is 11.9 Å². The summed E-state index contributed by atoms with van der Waals surface area (Å²) in [7, 11) is 0. The lowest BCUT2D eigenvalue weighted by Crippen LogP contribution is -2.34. The molecule has 1 aromatic rings. The summed E-state index contributed by atoms with van der Waals surface area (Å²) in [5.74, 6) is -1.94. The zero-order valence-corrected chi connectivity index (χ0v) is 10.1. The molecule has 6 nitrogen and oxygen atoms in total. The van der Waals surface area contributed by atoms with Gasteiger partial charge in [0, 0.05) is 0 Å². The number of aliphatic hydroxyl groups is 2. The summed E-state index contributed by atoms with van der Waals surface area (Å²) in [5, 5.41) is 28.4. The van der Waals surface area contributed by atoms with Crippen molar-refractivity contribution < 1.29 is 24.9 Å². The van der Waals surface area contributed by atoms with Crippen LogP contribution in [-0.4, -0.2) is 33.3 Å². The largest absolute Gasteiger partial charge is 0.481 e. The topological polar surface area (TPSA) is 121 Å². The van der Waals surface area contributed by atoms with Crippen molar-refractivity contribution in [3.8, 4) is 0 Å². The average Bonchev–Trinajstić information content (AvgIpc) is 3.18. The average molecular weight is 265 g/mol. The summed E-state index contributed by atoms with van der Waals surface area (Å²) >= 11 is 0. The first-order chi connectivity index (χ1) is 8.88. The zero-order valence-electron chi connectivity index (χ0n) is 10.1. The minimum Gasteiger partial charge on any atom is -0.481 e. The van der Waals surface area contributed by atoms with E-state index < -0.39 is 29.5 Å². The monoisotopic (exact) mass is 265 g/mol.